The van der Waals surface area contributed by atoms with Gasteiger partial charge in [0.25, 0.3) is 5.91 Å². The molecule has 0 aliphatic rings. The zero-order valence-corrected chi connectivity index (χ0v) is 17.3. The van der Waals surface area contributed by atoms with Crippen LogP contribution in [-0.2, 0) is 0 Å². The van der Waals surface area contributed by atoms with Crippen molar-refractivity contribution in [1.29, 1.82) is 0 Å². The quantitative estimate of drug-likeness (QED) is 0.398. The molecule has 160 valence electrons. The molecule has 32 heavy (non-hydrogen) atoms. The minimum absolute atomic E-state index is 0.196. The Morgan fingerprint density at radius 2 is 1.66 bits per heavy atom. The standard InChI is InChI=1S/C25H21FN4O2/c1-17(18-7-9-19(26)10-8-18)29-24(31)22-5-4-16-28-25(22)32-21-13-11-20(12-14-21)30-23-6-2-3-15-27-23/h2-17H,1H3,(H,27,30)(H,29,31). The third-order valence-electron chi connectivity index (χ3n) is 4.74. The number of hydrogen-bond donors (Lipinski definition) is 2. The van der Waals surface area contributed by atoms with Crippen molar-refractivity contribution in [3.8, 4) is 11.6 Å². The van der Waals surface area contributed by atoms with Crippen LogP contribution in [0.25, 0.3) is 0 Å². The summed E-state index contributed by atoms with van der Waals surface area (Å²) in [7, 11) is 0. The fourth-order valence-corrected chi connectivity index (χ4v) is 3.06. The van der Waals surface area contributed by atoms with Gasteiger partial charge in [0.05, 0.1) is 6.04 Å². The van der Waals surface area contributed by atoms with Gasteiger partial charge in [-0.3, -0.25) is 4.79 Å². The first kappa shape index (κ1) is 21.0. The maximum atomic E-state index is 13.2. The summed E-state index contributed by atoms with van der Waals surface area (Å²) >= 11 is 0. The molecule has 0 fully saturated rings. The van der Waals surface area contributed by atoms with Crippen LogP contribution >= 0.6 is 0 Å². The maximum absolute atomic E-state index is 13.2. The van der Waals surface area contributed by atoms with E-state index >= 15 is 0 Å². The third-order valence-corrected chi connectivity index (χ3v) is 4.74. The van der Waals surface area contributed by atoms with E-state index in [0.29, 0.717) is 11.3 Å². The molecule has 7 heteroatoms. The minimum atomic E-state index is -0.335. The lowest BCUT2D eigenvalue weighted by Crippen LogP contribution is -2.27. The van der Waals surface area contributed by atoms with Crippen molar-refractivity contribution in [3.05, 3.63) is 108 Å². The van der Waals surface area contributed by atoms with Crippen molar-refractivity contribution in [1.82, 2.24) is 15.3 Å². The van der Waals surface area contributed by atoms with E-state index in [1.807, 2.05) is 37.3 Å². The van der Waals surface area contributed by atoms with Gasteiger partial charge in [-0.05, 0) is 73.2 Å². The van der Waals surface area contributed by atoms with Gasteiger partial charge in [-0.2, -0.15) is 0 Å². The molecule has 0 spiro atoms. The van der Waals surface area contributed by atoms with E-state index in [9.17, 15) is 9.18 Å². The number of anilines is 2. The largest absolute Gasteiger partial charge is 0.438 e. The van der Waals surface area contributed by atoms with E-state index < -0.39 is 0 Å². The van der Waals surface area contributed by atoms with Gasteiger partial charge in [-0.15, -0.1) is 0 Å². The highest BCUT2D eigenvalue weighted by atomic mass is 19.1. The molecule has 4 rings (SSSR count). The predicted molar refractivity (Wildman–Crippen MR) is 121 cm³/mol. The highest BCUT2D eigenvalue weighted by Crippen LogP contribution is 2.26. The number of aromatic nitrogens is 2. The summed E-state index contributed by atoms with van der Waals surface area (Å²) in [5, 5.41) is 6.09. The van der Waals surface area contributed by atoms with Crippen LogP contribution in [-0.4, -0.2) is 15.9 Å². The van der Waals surface area contributed by atoms with Crippen LogP contribution in [0.3, 0.4) is 0 Å². The number of nitrogens with zero attached hydrogens (tertiary/aromatic N) is 2. The van der Waals surface area contributed by atoms with Crippen LogP contribution in [0, 0.1) is 5.82 Å². The number of halogens is 1. The van der Waals surface area contributed by atoms with Gasteiger partial charge in [0.15, 0.2) is 0 Å². The monoisotopic (exact) mass is 428 g/mol. The lowest BCUT2D eigenvalue weighted by molar-refractivity contribution is 0.0937. The van der Waals surface area contributed by atoms with Crippen molar-refractivity contribution in [2.45, 2.75) is 13.0 Å². The van der Waals surface area contributed by atoms with Crippen molar-refractivity contribution >= 4 is 17.4 Å². The Morgan fingerprint density at radius 3 is 2.38 bits per heavy atom. The van der Waals surface area contributed by atoms with Gasteiger partial charge in [-0.1, -0.05) is 18.2 Å². The van der Waals surface area contributed by atoms with Gasteiger partial charge in [-0.25, -0.2) is 14.4 Å². The number of amides is 1. The van der Waals surface area contributed by atoms with Gasteiger partial charge in [0.1, 0.15) is 22.9 Å². The minimum Gasteiger partial charge on any atom is -0.438 e. The van der Waals surface area contributed by atoms with Crippen LogP contribution < -0.4 is 15.4 Å². The molecule has 2 heterocycles. The van der Waals surface area contributed by atoms with E-state index in [4.69, 9.17) is 4.74 Å². The lowest BCUT2D eigenvalue weighted by Gasteiger charge is -2.16. The number of pyridine rings is 2. The summed E-state index contributed by atoms with van der Waals surface area (Å²) in [4.78, 5) is 21.3. The molecule has 2 aromatic heterocycles. The molecule has 1 atom stereocenters. The fourth-order valence-electron chi connectivity index (χ4n) is 3.06. The summed E-state index contributed by atoms with van der Waals surface area (Å²) in [6.45, 7) is 1.83. The smallest absolute Gasteiger partial charge is 0.257 e. The van der Waals surface area contributed by atoms with E-state index in [-0.39, 0.29) is 23.6 Å². The molecule has 2 N–H and O–H groups in total. The first-order valence-corrected chi connectivity index (χ1v) is 10.1. The number of nitrogens with one attached hydrogen (secondary N) is 2. The zero-order valence-electron chi connectivity index (χ0n) is 17.3. The SMILES string of the molecule is CC(NC(=O)c1cccnc1Oc1ccc(Nc2ccccn2)cc1)c1ccc(F)cc1. The topological polar surface area (TPSA) is 76.1 Å². The predicted octanol–water partition coefficient (Wildman–Crippen LogP) is 5.64. The molecule has 0 radical (unpaired) electrons. The van der Waals surface area contributed by atoms with Gasteiger partial charge in [0, 0.05) is 18.1 Å². The Morgan fingerprint density at radius 1 is 0.906 bits per heavy atom. The number of rotatable bonds is 7. The molecule has 0 saturated heterocycles. The van der Waals surface area contributed by atoms with Crippen LogP contribution in [0.15, 0.2) is 91.3 Å². The Labute approximate surface area is 185 Å². The number of carbonyl (C=O) groups excluding carboxylic acids is 1. The summed E-state index contributed by atoms with van der Waals surface area (Å²) in [6.07, 6.45) is 3.27. The fraction of sp³-hybridized carbons (Fsp3) is 0.0800. The molecular weight excluding hydrogens is 407 g/mol. The first-order valence-electron chi connectivity index (χ1n) is 10.1. The Bertz CT molecular complexity index is 1180. The van der Waals surface area contributed by atoms with Crippen LogP contribution in [0.1, 0.15) is 28.9 Å². The van der Waals surface area contributed by atoms with Crippen molar-refractivity contribution in [3.63, 3.8) is 0 Å². The summed E-state index contributed by atoms with van der Waals surface area (Å²) < 4.78 is 19.0. The summed E-state index contributed by atoms with van der Waals surface area (Å²) in [6, 6.07) is 21.9. The average Bonchev–Trinajstić information content (AvgIpc) is 2.82. The van der Waals surface area contributed by atoms with E-state index in [1.165, 1.54) is 12.1 Å². The van der Waals surface area contributed by atoms with E-state index in [2.05, 4.69) is 20.6 Å². The molecule has 0 aliphatic heterocycles. The second-order valence-electron chi connectivity index (χ2n) is 7.07. The molecular formula is C25H21FN4O2. The first-order chi connectivity index (χ1) is 15.6. The Hall–Kier alpha value is -4.26. The van der Waals surface area contributed by atoms with Crippen LogP contribution in [0.4, 0.5) is 15.9 Å². The van der Waals surface area contributed by atoms with E-state index in [0.717, 1.165) is 17.1 Å². The van der Waals surface area contributed by atoms with Crippen molar-refractivity contribution < 1.29 is 13.9 Å². The number of benzene rings is 2. The third kappa shape index (κ3) is 5.26. The maximum Gasteiger partial charge on any atom is 0.257 e. The summed E-state index contributed by atoms with van der Waals surface area (Å²) in [5.41, 5.74) is 1.95. The Kier molecular flexibility index (Phi) is 6.36. The molecule has 4 aromatic rings. The van der Waals surface area contributed by atoms with Gasteiger partial charge >= 0.3 is 0 Å². The molecule has 0 saturated carbocycles. The van der Waals surface area contributed by atoms with Gasteiger partial charge < -0.3 is 15.4 Å². The molecule has 0 aliphatic carbocycles. The summed E-state index contributed by atoms with van der Waals surface area (Å²) in [5.74, 6) is 0.813. The van der Waals surface area contributed by atoms with E-state index in [1.54, 1.807) is 48.8 Å². The van der Waals surface area contributed by atoms with Crippen LogP contribution in [0.2, 0.25) is 0 Å². The Balaban J connectivity index is 1.45. The van der Waals surface area contributed by atoms with Crippen LogP contribution in [0.5, 0.6) is 11.6 Å². The highest BCUT2D eigenvalue weighted by Gasteiger charge is 2.17. The van der Waals surface area contributed by atoms with Crippen molar-refractivity contribution in [2.24, 2.45) is 0 Å². The molecule has 1 unspecified atom stereocenters. The van der Waals surface area contributed by atoms with Crippen molar-refractivity contribution in [2.75, 3.05) is 5.32 Å². The highest BCUT2D eigenvalue weighted by molar-refractivity contribution is 5.96. The molecule has 0 bridgehead atoms. The average molecular weight is 428 g/mol. The zero-order chi connectivity index (χ0) is 22.3. The second kappa shape index (κ2) is 9.70. The lowest BCUT2D eigenvalue weighted by atomic mass is 10.1. The van der Waals surface area contributed by atoms with Gasteiger partial charge in [0.2, 0.25) is 5.88 Å². The number of hydrogen-bond acceptors (Lipinski definition) is 5. The number of carbonyl (C=O) groups is 1. The molecule has 6 nitrogen and oxygen atoms in total. The normalized spacial score (nSPS) is 11.4. The molecule has 2 aromatic carbocycles. The second-order valence-corrected chi connectivity index (χ2v) is 7.07. The molecule has 1 amide bonds. The number of ether oxygens (including phenoxy) is 1.